The Hall–Kier alpha value is -4.10. The van der Waals surface area contributed by atoms with Crippen molar-refractivity contribution in [3.05, 3.63) is 34.6 Å². The summed E-state index contributed by atoms with van der Waals surface area (Å²) in [6.07, 6.45) is -4.64. The van der Waals surface area contributed by atoms with E-state index >= 15 is 0 Å². The average Bonchev–Trinajstić information content (AvgIpc) is 3.23. The van der Waals surface area contributed by atoms with E-state index in [1.807, 2.05) is 6.92 Å². The van der Waals surface area contributed by atoms with Crippen LogP contribution in [0.1, 0.15) is 59.8 Å². The number of alkyl halides is 3. The molecule has 0 aliphatic carbocycles. The number of carboxylic acid groups (broad SMARTS) is 1. The van der Waals surface area contributed by atoms with Crippen molar-refractivity contribution >= 4 is 23.6 Å². The number of carbonyl (C=O) groups excluding carboxylic acids is 2. The van der Waals surface area contributed by atoms with Crippen molar-refractivity contribution in [2.75, 3.05) is 33.8 Å². The molecule has 0 unspecified atom stereocenters. The summed E-state index contributed by atoms with van der Waals surface area (Å²) in [6, 6.07) is 3.50. The Kier molecular flexibility index (Phi) is 11.5. The molecule has 0 bridgehead atoms. The van der Waals surface area contributed by atoms with Gasteiger partial charge in [0.1, 0.15) is 11.3 Å². The van der Waals surface area contributed by atoms with Crippen molar-refractivity contribution in [2.24, 2.45) is 0 Å². The molecule has 0 aliphatic rings. The summed E-state index contributed by atoms with van der Waals surface area (Å²) in [5.74, 6) is -2.38. The van der Waals surface area contributed by atoms with Gasteiger partial charge in [0.05, 0.1) is 40.5 Å². The number of ether oxygens (including phenoxy) is 5. The number of aromatic nitrogens is 1. The fraction of sp³-hybridized carbons (Fsp3) is 0.480. The lowest BCUT2D eigenvalue weighted by molar-refractivity contribution is -0.192. The van der Waals surface area contributed by atoms with Crippen LogP contribution in [0.15, 0.2) is 12.1 Å². The van der Waals surface area contributed by atoms with Crippen molar-refractivity contribution in [1.29, 1.82) is 0 Å². The highest BCUT2D eigenvalue weighted by Gasteiger charge is 2.38. The SMILES string of the molecule is CCc1c(C(=O)OC(C)(C)C)[nH]c(CNc2cc(OC)c(OC)c(OC)c2)c1C(=O)OC.O=C(O)C(F)(F)F. The number of benzene rings is 1. The minimum atomic E-state index is -5.08. The number of aliphatic carboxylic acids is 1. The predicted molar refractivity (Wildman–Crippen MR) is 134 cm³/mol. The maximum absolute atomic E-state index is 12.8. The van der Waals surface area contributed by atoms with Gasteiger partial charge in [-0.2, -0.15) is 13.2 Å². The zero-order valence-electron chi connectivity index (χ0n) is 22.9. The number of carbonyl (C=O) groups is 3. The maximum Gasteiger partial charge on any atom is 0.490 e. The Morgan fingerprint density at radius 1 is 0.949 bits per heavy atom. The van der Waals surface area contributed by atoms with Gasteiger partial charge in [0.25, 0.3) is 0 Å². The minimum Gasteiger partial charge on any atom is -0.493 e. The molecule has 218 valence electrons. The smallest absolute Gasteiger partial charge is 0.490 e. The molecular formula is C25H33F3N2O9. The molecule has 39 heavy (non-hydrogen) atoms. The monoisotopic (exact) mass is 562 g/mol. The Morgan fingerprint density at radius 3 is 1.82 bits per heavy atom. The van der Waals surface area contributed by atoms with Crippen LogP contribution in [0, 0.1) is 0 Å². The van der Waals surface area contributed by atoms with Crippen LogP contribution in [0.5, 0.6) is 17.2 Å². The number of hydrogen-bond donors (Lipinski definition) is 3. The van der Waals surface area contributed by atoms with E-state index in [2.05, 4.69) is 10.3 Å². The van der Waals surface area contributed by atoms with Crippen molar-refractivity contribution < 1.29 is 56.3 Å². The van der Waals surface area contributed by atoms with E-state index in [1.165, 1.54) is 28.4 Å². The number of esters is 2. The summed E-state index contributed by atoms with van der Waals surface area (Å²) < 4.78 is 58.3. The normalized spacial score (nSPS) is 11.1. The number of hydrogen-bond acceptors (Lipinski definition) is 9. The second-order valence-electron chi connectivity index (χ2n) is 8.75. The second kappa shape index (κ2) is 13.6. The summed E-state index contributed by atoms with van der Waals surface area (Å²) in [4.78, 5) is 37.3. The second-order valence-corrected chi connectivity index (χ2v) is 8.75. The Morgan fingerprint density at radius 2 is 1.46 bits per heavy atom. The lowest BCUT2D eigenvalue weighted by Gasteiger charge is -2.19. The van der Waals surface area contributed by atoms with Gasteiger partial charge < -0.3 is 39.1 Å². The zero-order valence-corrected chi connectivity index (χ0v) is 22.9. The van der Waals surface area contributed by atoms with E-state index in [0.717, 1.165) is 0 Å². The molecule has 3 N–H and O–H groups in total. The Bertz CT molecular complexity index is 1140. The Balaban J connectivity index is 0.000000956. The molecule has 2 aromatic rings. The molecule has 0 atom stereocenters. The third-order valence-corrected chi connectivity index (χ3v) is 4.90. The largest absolute Gasteiger partial charge is 0.493 e. The van der Waals surface area contributed by atoms with Gasteiger partial charge in [-0.3, -0.25) is 0 Å². The number of rotatable bonds is 9. The summed E-state index contributed by atoms with van der Waals surface area (Å²) in [5, 5.41) is 10.4. The van der Waals surface area contributed by atoms with Gasteiger partial charge in [-0.25, -0.2) is 14.4 Å². The topological polar surface area (TPSA) is 145 Å². The van der Waals surface area contributed by atoms with Crippen molar-refractivity contribution in [2.45, 2.75) is 52.4 Å². The first kappa shape index (κ1) is 32.9. The first-order chi connectivity index (χ1) is 18.0. The zero-order chi connectivity index (χ0) is 30.1. The van der Waals surface area contributed by atoms with Crippen LogP contribution < -0.4 is 19.5 Å². The Labute approximate surface area is 223 Å². The van der Waals surface area contributed by atoms with Crippen LogP contribution in [0.25, 0.3) is 0 Å². The maximum atomic E-state index is 12.8. The molecule has 1 heterocycles. The molecule has 0 amide bonds. The number of carboxylic acids is 1. The summed E-state index contributed by atoms with van der Waals surface area (Å²) in [5.41, 5.74) is 1.60. The summed E-state index contributed by atoms with van der Waals surface area (Å²) in [6.45, 7) is 7.42. The molecule has 1 aromatic heterocycles. The van der Waals surface area contributed by atoms with Crippen molar-refractivity contribution in [3.8, 4) is 17.2 Å². The van der Waals surface area contributed by atoms with Gasteiger partial charge in [-0.05, 0) is 32.8 Å². The van der Waals surface area contributed by atoms with E-state index in [0.29, 0.717) is 46.2 Å². The molecule has 0 saturated heterocycles. The molecule has 2 rings (SSSR count). The highest BCUT2D eigenvalue weighted by Crippen LogP contribution is 2.40. The van der Waals surface area contributed by atoms with Crippen LogP contribution in [0.4, 0.5) is 18.9 Å². The van der Waals surface area contributed by atoms with Crippen LogP contribution in [0.3, 0.4) is 0 Å². The molecule has 0 spiro atoms. The predicted octanol–water partition coefficient (Wildman–Crippen LogP) is 4.59. The number of methoxy groups -OCH3 is 4. The number of anilines is 1. The highest BCUT2D eigenvalue weighted by molar-refractivity contribution is 5.99. The van der Waals surface area contributed by atoms with Gasteiger partial charge in [0.2, 0.25) is 5.75 Å². The van der Waals surface area contributed by atoms with Gasteiger partial charge in [0, 0.05) is 23.5 Å². The first-order valence-corrected chi connectivity index (χ1v) is 11.4. The fourth-order valence-electron chi connectivity index (χ4n) is 3.31. The molecule has 0 saturated carbocycles. The highest BCUT2D eigenvalue weighted by atomic mass is 19.4. The van der Waals surface area contributed by atoms with Crippen molar-refractivity contribution in [3.63, 3.8) is 0 Å². The number of halogens is 3. The van der Waals surface area contributed by atoms with Crippen LogP contribution >= 0.6 is 0 Å². The quantitative estimate of drug-likeness (QED) is 0.371. The standard InChI is InChI=1S/C23H32N2O7.C2HF3O2/c1-9-14-18(21(26)31-8)15(25-19(14)22(27)32-23(2,3)4)12-24-13-10-16(28-5)20(30-7)17(11-13)29-6;3-2(4,5)1(6)7/h10-11,24-25H,9,12H2,1-8H3;(H,6,7). The van der Waals surface area contributed by atoms with E-state index < -0.39 is 29.7 Å². The minimum absolute atomic E-state index is 0.207. The van der Waals surface area contributed by atoms with Crippen LogP contribution in [0.2, 0.25) is 0 Å². The van der Waals surface area contributed by atoms with Crippen LogP contribution in [-0.4, -0.2) is 68.2 Å². The third kappa shape index (κ3) is 9.00. The van der Waals surface area contributed by atoms with E-state index in [1.54, 1.807) is 32.9 Å². The van der Waals surface area contributed by atoms with Gasteiger partial charge >= 0.3 is 24.1 Å². The molecule has 0 fully saturated rings. The van der Waals surface area contributed by atoms with Gasteiger partial charge in [-0.15, -0.1) is 0 Å². The molecule has 0 aliphatic heterocycles. The molecule has 1 aromatic carbocycles. The van der Waals surface area contributed by atoms with E-state index in [-0.39, 0.29) is 12.2 Å². The first-order valence-electron chi connectivity index (χ1n) is 11.4. The van der Waals surface area contributed by atoms with Crippen LogP contribution in [-0.2, 0) is 27.2 Å². The average molecular weight is 563 g/mol. The molecule has 11 nitrogen and oxygen atoms in total. The third-order valence-electron chi connectivity index (χ3n) is 4.90. The van der Waals surface area contributed by atoms with Crippen molar-refractivity contribution in [1.82, 2.24) is 4.98 Å². The molecular weight excluding hydrogens is 529 g/mol. The van der Waals surface area contributed by atoms with Gasteiger partial charge in [0.15, 0.2) is 11.5 Å². The molecule has 0 radical (unpaired) electrons. The van der Waals surface area contributed by atoms with E-state index in [4.69, 9.17) is 33.6 Å². The summed E-state index contributed by atoms with van der Waals surface area (Å²) in [7, 11) is 5.89. The molecule has 14 heteroatoms. The number of H-pyrrole nitrogens is 1. The van der Waals surface area contributed by atoms with Gasteiger partial charge in [-0.1, -0.05) is 6.92 Å². The van der Waals surface area contributed by atoms with E-state index in [9.17, 15) is 22.8 Å². The number of aromatic amines is 1. The lowest BCUT2D eigenvalue weighted by atomic mass is 10.1. The number of nitrogens with one attached hydrogen (secondary N) is 2. The fourth-order valence-corrected chi connectivity index (χ4v) is 3.31. The lowest BCUT2D eigenvalue weighted by Crippen LogP contribution is -2.24. The summed E-state index contributed by atoms with van der Waals surface area (Å²) >= 11 is 0.